The fourth-order valence-corrected chi connectivity index (χ4v) is 1.82. The van der Waals surface area contributed by atoms with Gasteiger partial charge in [0.2, 0.25) is 0 Å². The number of nitrogens with zero attached hydrogens (tertiary/aromatic N) is 1. The van der Waals surface area contributed by atoms with E-state index in [9.17, 15) is 0 Å². The lowest BCUT2D eigenvalue weighted by atomic mass is 10.4. The minimum Gasteiger partial charge on any atom is -0.368 e. The van der Waals surface area contributed by atoms with Crippen molar-refractivity contribution in [1.82, 2.24) is 4.98 Å². The van der Waals surface area contributed by atoms with Crippen LogP contribution in [0.25, 0.3) is 0 Å². The summed E-state index contributed by atoms with van der Waals surface area (Å²) in [5.41, 5.74) is 0. The van der Waals surface area contributed by atoms with E-state index < -0.39 is 0 Å². The fourth-order valence-electron chi connectivity index (χ4n) is 0.816. The van der Waals surface area contributed by atoms with Crippen molar-refractivity contribution >= 4 is 45.1 Å². The molecule has 0 aliphatic carbocycles. The van der Waals surface area contributed by atoms with Crippen molar-refractivity contribution in [1.29, 1.82) is 0 Å². The zero-order valence-corrected chi connectivity index (χ0v) is 10.3. The number of pyridine rings is 1. The van der Waals surface area contributed by atoms with Crippen molar-refractivity contribution in [2.24, 2.45) is 0 Å². The average Bonchev–Trinajstić information content (AvgIpc) is 2.09. The van der Waals surface area contributed by atoms with Gasteiger partial charge in [-0.2, -0.15) is 11.8 Å². The molecule has 1 heterocycles. The molecular weight excluding hydrogens is 272 g/mol. The van der Waals surface area contributed by atoms with Crippen molar-refractivity contribution in [2.45, 2.75) is 0 Å². The molecular formula is C8H10BrClN2S. The lowest BCUT2D eigenvalue weighted by molar-refractivity contribution is 1.17. The standard InChI is InChI=1S/C8H10BrClN2S/c1-13-3-2-11-8-7(10)4-6(9)5-12-8/h4-5H,2-3H2,1H3,(H,11,12). The Morgan fingerprint density at radius 2 is 2.46 bits per heavy atom. The summed E-state index contributed by atoms with van der Waals surface area (Å²) in [5.74, 6) is 1.80. The normalized spacial score (nSPS) is 10.1. The van der Waals surface area contributed by atoms with E-state index in [-0.39, 0.29) is 0 Å². The van der Waals surface area contributed by atoms with Crippen molar-refractivity contribution in [2.75, 3.05) is 23.9 Å². The summed E-state index contributed by atoms with van der Waals surface area (Å²) in [6, 6.07) is 1.83. The van der Waals surface area contributed by atoms with Crippen molar-refractivity contribution in [3.05, 3.63) is 21.8 Å². The Labute approximate surface area is 95.6 Å². The van der Waals surface area contributed by atoms with Crippen molar-refractivity contribution in [3.8, 4) is 0 Å². The molecule has 0 unspecified atom stereocenters. The van der Waals surface area contributed by atoms with Gasteiger partial charge in [-0.25, -0.2) is 4.98 Å². The van der Waals surface area contributed by atoms with Crippen LogP contribution in [-0.2, 0) is 0 Å². The molecule has 0 aliphatic heterocycles. The van der Waals surface area contributed by atoms with E-state index in [1.54, 1.807) is 18.0 Å². The predicted octanol–water partition coefficient (Wildman–Crippen LogP) is 3.27. The second-order valence-corrected chi connectivity index (χ2v) is 4.71. The summed E-state index contributed by atoms with van der Waals surface area (Å²) >= 11 is 11.0. The molecule has 0 fully saturated rings. The molecule has 0 amide bonds. The zero-order valence-electron chi connectivity index (χ0n) is 7.18. The first-order chi connectivity index (χ1) is 6.24. The van der Waals surface area contributed by atoms with Crippen molar-refractivity contribution < 1.29 is 0 Å². The van der Waals surface area contributed by atoms with E-state index >= 15 is 0 Å². The van der Waals surface area contributed by atoms with Gasteiger partial charge >= 0.3 is 0 Å². The van der Waals surface area contributed by atoms with Crippen LogP contribution in [0.15, 0.2) is 16.7 Å². The summed E-state index contributed by atoms with van der Waals surface area (Å²) in [4.78, 5) is 4.15. The number of halogens is 2. The van der Waals surface area contributed by atoms with E-state index in [4.69, 9.17) is 11.6 Å². The summed E-state index contributed by atoms with van der Waals surface area (Å²) < 4.78 is 0.896. The molecule has 0 saturated heterocycles. The maximum Gasteiger partial charge on any atom is 0.144 e. The van der Waals surface area contributed by atoms with E-state index in [1.807, 2.05) is 6.07 Å². The molecule has 13 heavy (non-hydrogen) atoms. The molecule has 0 saturated carbocycles. The Morgan fingerprint density at radius 1 is 1.69 bits per heavy atom. The molecule has 1 rings (SSSR count). The first-order valence-corrected chi connectivity index (χ1v) is 6.34. The Hall–Kier alpha value is 0.0700. The minimum absolute atomic E-state index is 0.649. The molecule has 0 aliphatic rings. The van der Waals surface area contributed by atoms with Crippen LogP contribution < -0.4 is 5.32 Å². The van der Waals surface area contributed by atoms with Crippen molar-refractivity contribution in [3.63, 3.8) is 0 Å². The van der Waals surface area contributed by atoms with Crippen LogP contribution in [0.3, 0.4) is 0 Å². The van der Waals surface area contributed by atoms with Gasteiger partial charge in [-0.1, -0.05) is 11.6 Å². The predicted molar refractivity (Wildman–Crippen MR) is 63.8 cm³/mol. The lowest BCUT2D eigenvalue weighted by Crippen LogP contribution is -2.05. The van der Waals surface area contributed by atoms with Gasteiger partial charge in [0.05, 0.1) is 5.02 Å². The summed E-state index contributed by atoms with van der Waals surface area (Å²) in [6.07, 6.45) is 3.80. The minimum atomic E-state index is 0.649. The first kappa shape index (κ1) is 11.1. The smallest absolute Gasteiger partial charge is 0.144 e. The molecule has 0 aromatic carbocycles. The van der Waals surface area contributed by atoms with Crippen LogP contribution >= 0.6 is 39.3 Å². The van der Waals surface area contributed by atoms with Crippen LogP contribution in [0.4, 0.5) is 5.82 Å². The van der Waals surface area contributed by atoms with Gasteiger partial charge in [0.15, 0.2) is 0 Å². The maximum absolute atomic E-state index is 5.95. The monoisotopic (exact) mass is 280 g/mol. The first-order valence-electron chi connectivity index (χ1n) is 3.78. The number of nitrogens with one attached hydrogen (secondary N) is 1. The molecule has 5 heteroatoms. The number of anilines is 1. The fraction of sp³-hybridized carbons (Fsp3) is 0.375. The highest BCUT2D eigenvalue weighted by Crippen LogP contribution is 2.22. The second kappa shape index (κ2) is 5.73. The maximum atomic E-state index is 5.95. The topological polar surface area (TPSA) is 24.9 Å². The number of thioether (sulfide) groups is 1. The summed E-state index contributed by atoms with van der Waals surface area (Å²) in [7, 11) is 0. The van der Waals surface area contributed by atoms with E-state index in [0.29, 0.717) is 5.02 Å². The van der Waals surface area contributed by atoms with E-state index in [0.717, 1.165) is 22.6 Å². The van der Waals surface area contributed by atoms with Crippen LogP contribution in [0.2, 0.25) is 5.02 Å². The quantitative estimate of drug-likeness (QED) is 0.858. The van der Waals surface area contributed by atoms with Gasteiger partial charge in [0.25, 0.3) is 0 Å². The van der Waals surface area contributed by atoms with Gasteiger partial charge in [-0.3, -0.25) is 0 Å². The van der Waals surface area contributed by atoms with Crippen LogP contribution in [-0.4, -0.2) is 23.5 Å². The highest BCUT2D eigenvalue weighted by atomic mass is 79.9. The third-order valence-corrected chi connectivity index (χ3v) is 2.74. The molecule has 1 aromatic rings. The molecule has 1 aromatic heterocycles. The van der Waals surface area contributed by atoms with E-state index in [2.05, 4.69) is 32.5 Å². The van der Waals surface area contributed by atoms with Crippen LogP contribution in [0.1, 0.15) is 0 Å². The van der Waals surface area contributed by atoms with Crippen LogP contribution in [0.5, 0.6) is 0 Å². The third-order valence-electron chi connectivity index (χ3n) is 1.41. The molecule has 0 bridgehead atoms. The second-order valence-electron chi connectivity index (χ2n) is 2.40. The molecule has 0 radical (unpaired) electrons. The third kappa shape index (κ3) is 3.75. The zero-order chi connectivity index (χ0) is 9.68. The highest BCUT2D eigenvalue weighted by molar-refractivity contribution is 9.10. The number of hydrogen-bond acceptors (Lipinski definition) is 3. The number of hydrogen-bond donors (Lipinski definition) is 1. The molecule has 0 spiro atoms. The summed E-state index contributed by atoms with van der Waals surface area (Å²) in [5, 5.41) is 3.80. The largest absolute Gasteiger partial charge is 0.368 e. The average molecular weight is 282 g/mol. The van der Waals surface area contributed by atoms with Gasteiger partial charge in [0.1, 0.15) is 5.82 Å². The Morgan fingerprint density at radius 3 is 3.08 bits per heavy atom. The summed E-state index contributed by atoms with van der Waals surface area (Å²) in [6.45, 7) is 0.884. The molecule has 2 nitrogen and oxygen atoms in total. The SMILES string of the molecule is CSCCNc1ncc(Br)cc1Cl. The van der Waals surface area contributed by atoms with Gasteiger partial charge < -0.3 is 5.32 Å². The number of rotatable bonds is 4. The molecule has 72 valence electrons. The molecule has 0 atom stereocenters. The lowest BCUT2D eigenvalue weighted by Gasteiger charge is -2.05. The van der Waals surface area contributed by atoms with Gasteiger partial charge in [-0.15, -0.1) is 0 Å². The van der Waals surface area contributed by atoms with Gasteiger partial charge in [-0.05, 0) is 28.3 Å². The molecule has 1 N–H and O–H groups in total. The Kier molecular flexibility index (Phi) is 4.91. The highest BCUT2D eigenvalue weighted by Gasteiger charge is 2.00. The van der Waals surface area contributed by atoms with E-state index in [1.165, 1.54) is 0 Å². The van der Waals surface area contributed by atoms with Gasteiger partial charge in [0, 0.05) is 23.0 Å². The Balaban J connectivity index is 2.56. The Bertz CT molecular complexity index is 283. The number of aromatic nitrogens is 1. The van der Waals surface area contributed by atoms with Crippen LogP contribution in [0, 0.1) is 0 Å².